The van der Waals surface area contributed by atoms with Crippen molar-refractivity contribution in [2.45, 2.75) is 19.8 Å². The van der Waals surface area contributed by atoms with Gasteiger partial charge < -0.3 is 31.2 Å². The molecule has 4 aromatic rings. The molecule has 0 saturated carbocycles. The predicted molar refractivity (Wildman–Crippen MR) is 133 cm³/mol. The lowest BCUT2D eigenvalue weighted by Crippen LogP contribution is -2.77. The van der Waals surface area contributed by atoms with Crippen LogP contribution in [0.25, 0.3) is 22.3 Å². The topological polar surface area (TPSA) is 45.6 Å². The highest BCUT2D eigenvalue weighted by molar-refractivity contribution is 6.50. The molecule has 0 bridgehead atoms. The summed E-state index contributed by atoms with van der Waals surface area (Å²) in [7, 11) is -2.69. The highest BCUT2D eigenvalue weighted by atomic mass is 19.5. The number of hydrogen-bond donors (Lipinski definition) is 1. The third kappa shape index (κ3) is 7.63. The molecule has 0 saturated heterocycles. The largest absolute Gasteiger partial charge is 0.673 e. The van der Waals surface area contributed by atoms with Crippen molar-refractivity contribution in [3.8, 4) is 22.8 Å². The lowest BCUT2D eigenvalue weighted by Gasteiger charge is -2.08. The average Bonchev–Trinajstić information content (AvgIpc) is 2.87. The zero-order valence-corrected chi connectivity index (χ0v) is 20.4. The van der Waals surface area contributed by atoms with Crippen LogP contribution in [0, 0.1) is 0 Å². The minimum absolute atomic E-state index is 0.745. The van der Waals surface area contributed by atoms with Gasteiger partial charge in [0.15, 0.2) is 11.5 Å². The van der Waals surface area contributed by atoms with E-state index in [0.717, 1.165) is 58.5 Å². The monoisotopic (exact) mass is 501 g/mol. The lowest BCUT2D eigenvalue weighted by atomic mass is 10.1. The molecule has 0 spiro atoms. The zero-order valence-electron chi connectivity index (χ0n) is 20.4. The highest BCUT2D eigenvalue weighted by Crippen LogP contribution is 2.27. The molecule has 190 valence electrons. The van der Waals surface area contributed by atoms with Gasteiger partial charge in [-0.25, -0.2) is 4.99 Å². The molecule has 0 unspecified atom stereocenters. The van der Waals surface area contributed by atoms with Crippen molar-refractivity contribution in [2.24, 2.45) is 0 Å². The van der Waals surface area contributed by atoms with E-state index in [9.17, 15) is 17.3 Å². The van der Waals surface area contributed by atoms with Crippen LogP contribution in [0.1, 0.15) is 18.1 Å². The first kappa shape index (κ1) is 26.9. The SMILES string of the molecule is CCc1ccc2oc(-c3ccccc3)cc(=[NH+]CCc3ccc(OC)c(OC)c3)c2c1.F[B-](F)(F)F. The molecule has 0 aliphatic carbocycles. The summed E-state index contributed by atoms with van der Waals surface area (Å²) in [4.78, 5) is 3.63. The maximum Gasteiger partial charge on any atom is 0.673 e. The molecule has 0 radical (unpaired) electrons. The summed E-state index contributed by atoms with van der Waals surface area (Å²) in [5.74, 6) is 2.35. The van der Waals surface area contributed by atoms with Crippen molar-refractivity contribution in [2.75, 3.05) is 20.8 Å². The first-order valence-corrected chi connectivity index (χ1v) is 11.5. The fraction of sp³-hybridized carbons (Fsp3) is 0.222. The highest BCUT2D eigenvalue weighted by Gasteiger charge is 2.20. The Morgan fingerprint density at radius 3 is 2.11 bits per heavy atom. The molecule has 9 heteroatoms. The number of methoxy groups -OCH3 is 2. The van der Waals surface area contributed by atoms with Crippen LogP contribution in [0.3, 0.4) is 0 Å². The van der Waals surface area contributed by atoms with Gasteiger partial charge in [-0.05, 0) is 41.8 Å². The van der Waals surface area contributed by atoms with Crippen LogP contribution in [0.5, 0.6) is 11.5 Å². The number of hydrogen-bond acceptors (Lipinski definition) is 3. The molecule has 0 aliphatic rings. The minimum Gasteiger partial charge on any atom is -0.493 e. The smallest absolute Gasteiger partial charge is 0.493 e. The molecule has 0 aliphatic heterocycles. The summed E-state index contributed by atoms with van der Waals surface area (Å²) in [6.07, 6.45) is 1.85. The molecule has 3 aromatic carbocycles. The van der Waals surface area contributed by atoms with Gasteiger partial charge in [0.05, 0.1) is 25.7 Å². The van der Waals surface area contributed by atoms with Crippen molar-refractivity contribution in [1.29, 1.82) is 0 Å². The van der Waals surface area contributed by atoms with Gasteiger partial charge in [0, 0.05) is 12.0 Å². The average molecular weight is 501 g/mol. The van der Waals surface area contributed by atoms with Crippen molar-refractivity contribution in [1.82, 2.24) is 0 Å². The van der Waals surface area contributed by atoms with E-state index in [0.29, 0.717) is 0 Å². The summed E-state index contributed by atoms with van der Waals surface area (Å²) >= 11 is 0. The van der Waals surface area contributed by atoms with Crippen LogP contribution in [0.4, 0.5) is 17.3 Å². The number of aryl methyl sites for hydroxylation is 1. The Balaban J connectivity index is 0.000000658. The van der Waals surface area contributed by atoms with Crippen LogP contribution in [-0.2, 0) is 12.8 Å². The molecule has 1 heterocycles. The Bertz CT molecular complexity index is 1350. The Labute approximate surface area is 207 Å². The van der Waals surface area contributed by atoms with E-state index < -0.39 is 7.25 Å². The summed E-state index contributed by atoms with van der Waals surface area (Å²) in [6.45, 7) is 2.96. The second-order valence-corrected chi connectivity index (χ2v) is 7.94. The normalized spacial score (nSPS) is 11.7. The van der Waals surface area contributed by atoms with E-state index in [1.54, 1.807) is 14.2 Å². The van der Waals surface area contributed by atoms with Crippen LogP contribution >= 0.6 is 0 Å². The van der Waals surface area contributed by atoms with Crippen LogP contribution < -0.4 is 19.8 Å². The summed E-state index contributed by atoms with van der Waals surface area (Å²) in [5, 5.41) is 2.18. The van der Waals surface area contributed by atoms with Gasteiger partial charge in [-0.1, -0.05) is 49.4 Å². The summed E-state index contributed by atoms with van der Waals surface area (Å²) in [5.41, 5.74) is 4.42. The first-order chi connectivity index (χ1) is 17.2. The Hall–Kier alpha value is -3.75. The van der Waals surface area contributed by atoms with Crippen molar-refractivity contribution in [3.05, 3.63) is 89.3 Å². The van der Waals surface area contributed by atoms with Gasteiger partial charge in [-0.2, -0.15) is 0 Å². The second-order valence-electron chi connectivity index (χ2n) is 7.94. The molecular formula is C27H28BF4NO3. The third-order valence-corrected chi connectivity index (χ3v) is 5.47. The van der Waals surface area contributed by atoms with E-state index in [2.05, 4.69) is 54.4 Å². The Morgan fingerprint density at radius 2 is 1.47 bits per heavy atom. The molecule has 36 heavy (non-hydrogen) atoms. The van der Waals surface area contributed by atoms with Gasteiger partial charge in [0.25, 0.3) is 0 Å². The molecule has 4 rings (SSSR count). The Morgan fingerprint density at radius 1 is 0.806 bits per heavy atom. The number of nitrogens with one attached hydrogen (secondary N) is 1. The number of fused-ring (bicyclic) bond motifs is 1. The molecule has 0 fully saturated rings. The fourth-order valence-electron chi connectivity index (χ4n) is 3.72. The van der Waals surface area contributed by atoms with Crippen LogP contribution in [-0.4, -0.2) is 28.0 Å². The van der Waals surface area contributed by atoms with Gasteiger partial charge >= 0.3 is 7.25 Å². The van der Waals surface area contributed by atoms with Gasteiger partial charge in [0.2, 0.25) is 5.36 Å². The zero-order chi connectivity index (χ0) is 26.1. The van der Waals surface area contributed by atoms with Crippen molar-refractivity contribution < 1.29 is 36.1 Å². The fourth-order valence-corrected chi connectivity index (χ4v) is 3.72. The molecule has 1 N–H and O–H groups in total. The van der Waals surface area contributed by atoms with E-state index in [1.165, 1.54) is 11.1 Å². The summed E-state index contributed by atoms with van der Waals surface area (Å²) in [6, 6.07) is 24.8. The molecular weight excluding hydrogens is 473 g/mol. The van der Waals surface area contributed by atoms with Crippen molar-refractivity contribution >= 4 is 18.2 Å². The number of rotatable bonds is 7. The summed E-state index contributed by atoms with van der Waals surface area (Å²) < 4.78 is 56.0. The van der Waals surface area contributed by atoms with E-state index >= 15 is 0 Å². The standard InChI is InChI=1S/C27H27NO3.BF4/c1-4-19-10-12-24-22(16-19)23(18-26(31-24)21-8-6-5-7-9-21)28-15-14-20-11-13-25(29-2)27(17-20)30-3;2-1(3,4)5/h5-13,16-18H,4,14-15H2,1-3H3;/q;-1/p+1. The minimum atomic E-state index is -6.00. The quantitative estimate of drug-likeness (QED) is 0.280. The number of halogens is 4. The molecule has 0 amide bonds. The Kier molecular flexibility index (Phi) is 9.16. The maximum absolute atomic E-state index is 9.75. The van der Waals surface area contributed by atoms with E-state index in [1.807, 2.05) is 30.3 Å². The van der Waals surface area contributed by atoms with E-state index in [-0.39, 0.29) is 0 Å². The predicted octanol–water partition coefficient (Wildman–Crippen LogP) is 5.20. The third-order valence-electron chi connectivity index (χ3n) is 5.47. The number of benzene rings is 3. The second kappa shape index (κ2) is 12.3. The van der Waals surface area contributed by atoms with Gasteiger partial charge in [-0.3, -0.25) is 0 Å². The lowest BCUT2D eigenvalue weighted by molar-refractivity contribution is -0.498. The molecule has 1 aromatic heterocycles. The number of ether oxygens (including phenoxy) is 2. The van der Waals surface area contributed by atoms with Crippen LogP contribution in [0.15, 0.2) is 77.2 Å². The van der Waals surface area contributed by atoms with Crippen molar-refractivity contribution in [3.63, 3.8) is 0 Å². The van der Waals surface area contributed by atoms with Crippen LogP contribution in [0.2, 0.25) is 0 Å². The van der Waals surface area contributed by atoms with Gasteiger partial charge in [-0.15, -0.1) is 0 Å². The maximum atomic E-state index is 9.75. The first-order valence-electron chi connectivity index (χ1n) is 11.5. The van der Waals surface area contributed by atoms with Gasteiger partial charge in [0.1, 0.15) is 17.9 Å². The molecule has 4 nitrogen and oxygen atoms in total. The van der Waals surface area contributed by atoms with E-state index in [4.69, 9.17) is 13.9 Å². The molecule has 0 atom stereocenters.